The van der Waals surface area contributed by atoms with Crippen molar-refractivity contribution in [2.75, 3.05) is 11.1 Å². The first kappa shape index (κ1) is 18.3. The number of nitrogens with zero attached hydrogens (tertiary/aromatic N) is 3. The van der Waals surface area contributed by atoms with Crippen LogP contribution in [0.25, 0.3) is 11.4 Å². The molecular weight excluding hydrogens is 346 g/mol. The maximum atomic E-state index is 12.2. The Bertz CT molecular complexity index is 853. The van der Waals surface area contributed by atoms with Gasteiger partial charge in [0.1, 0.15) is 0 Å². The number of hydrogen-bond donors (Lipinski definition) is 2. The van der Waals surface area contributed by atoms with Crippen molar-refractivity contribution in [2.45, 2.75) is 38.4 Å². The van der Waals surface area contributed by atoms with Gasteiger partial charge in [0.2, 0.25) is 5.91 Å². The van der Waals surface area contributed by atoms with Gasteiger partial charge in [-0.1, -0.05) is 37.7 Å². The number of amides is 1. The van der Waals surface area contributed by atoms with Crippen LogP contribution < -0.4 is 5.32 Å². The smallest absolute Gasteiger partial charge is 0.234 e. The van der Waals surface area contributed by atoms with Gasteiger partial charge in [0.05, 0.1) is 5.75 Å². The number of rotatable bonds is 7. The first-order chi connectivity index (χ1) is 12.6. The molecule has 2 heterocycles. The van der Waals surface area contributed by atoms with E-state index in [4.69, 9.17) is 0 Å². The number of hydrogen-bond acceptors (Lipinski definition) is 4. The van der Waals surface area contributed by atoms with Crippen molar-refractivity contribution in [3.8, 4) is 11.4 Å². The van der Waals surface area contributed by atoms with E-state index in [0.717, 1.165) is 28.8 Å². The van der Waals surface area contributed by atoms with Gasteiger partial charge < -0.3 is 14.9 Å². The van der Waals surface area contributed by atoms with Gasteiger partial charge in [0.25, 0.3) is 0 Å². The third kappa shape index (κ3) is 4.16. The topological polar surface area (TPSA) is 75.6 Å². The number of aromatic amines is 1. The molecule has 2 aromatic heterocycles. The van der Waals surface area contributed by atoms with Crippen LogP contribution >= 0.6 is 11.8 Å². The van der Waals surface area contributed by atoms with E-state index in [9.17, 15) is 4.79 Å². The van der Waals surface area contributed by atoms with Gasteiger partial charge >= 0.3 is 0 Å². The van der Waals surface area contributed by atoms with Gasteiger partial charge in [-0.25, -0.2) is 0 Å². The Balaban J connectivity index is 1.61. The lowest BCUT2D eigenvalue weighted by Gasteiger charge is -2.09. The Kier molecular flexibility index (Phi) is 5.78. The summed E-state index contributed by atoms with van der Waals surface area (Å²) < 4.78 is 2.01. The number of benzene rings is 1. The van der Waals surface area contributed by atoms with Crippen molar-refractivity contribution >= 4 is 23.4 Å². The van der Waals surface area contributed by atoms with Gasteiger partial charge in [-0.15, -0.1) is 10.2 Å². The molecule has 0 fully saturated rings. The van der Waals surface area contributed by atoms with Crippen LogP contribution in [0.4, 0.5) is 5.69 Å². The zero-order valence-corrected chi connectivity index (χ0v) is 16.0. The predicted octanol–water partition coefficient (Wildman–Crippen LogP) is 4.15. The first-order valence-electron chi connectivity index (χ1n) is 8.67. The summed E-state index contributed by atoms with van der Waals surface area (Å²) in [5.74, 6) is 1.52. The van der Waals surface area contributed by atoms with E-state index in [-0.39, 0.29) is 11.7 Å². The molecule has 0 aliphatic carbocycles. The Hall–Kier alpha value is -2.54. The average Bonchev–Trinajstić information content (AvgIpc) is 3.29. The summed E-state index contributed by atoms with van der Waals surface area (Å²) in [5.41, 5.74) is 3.05. The van der Waals surface area contributed by atoms with Crippen LogP contribution in [-0.2, 0) is 11.3 Å². The highest BCUT2D eigenvalue weighted by atomic mass is 32.2. The number of H-pyrrole nitrogens is 1. The van der Waals surface area contributed by atoms with Crippen LogP contribution in [0.2, 0.25) is 0 Å². The summed E-state index contributed by atoms with van der Waals surface area (Å²) in [4.78, 5) is 15.3. The second-order valence-corrected chi connectivity index (χ2v) is 7.21. The summed E-state index contributed by atoms with van der Waals surface area (Å²) in [6, 6.07) is 9.93. The van der Waals surface area contributed by atoms with Gasteiger partial charge in [-0.2, -0.15) is 0 Å². The predicted molar refractivity (Wildman–Crippen MR) is 105 cm³/mol. The van der Waals surface area contributed by atoms with Crippen LogP contribution in [-0.4, -0.2) is 31.4 Å². The highest BCUT2D eigenvalue weighted by Gasteiger charge is 2.15. The number of anilines is 1. The maximum Gasteiger partial charge on any atom is 0.234 e. The van der Waals surface area contributed by atoms with Crippen LogP contribution in [0.3, 0.4) is 0 Å². The van der Waals surface area contributed by atoms with Gasteiger partial charge in [0, 0.05) is 30.2 Å². The van der Waals surface area contributed by atoms with E-state index in [1.165, 1.54) is 17.3 Å². The summed E-state index contributed by atoms with van der Waals surface area (Å²) >= 11 is 1.39. The van der Waals surface area contributed by atoms with E-state index < -0.39 is 0 Å². The Labute approximate surface area is 157 Å². The van der Waals surface area contributed by atoms with Gasteiger partial charge in [-0.05, 0) is 36.6 Å². The van der Waals surface area contributed by atoms with E-state index >= 15 is 0 Å². The van der Waals surface area contributed by atoms with Crippen molar-refractivity contribution < 1.29 is 4.79 Å². The summed E-state index contributed by atoms with van der Waals surface area (Å²) in [7, 11) is 0. The number of carbonyl (C=O) groups is 1. The molecular formula is C19H23N5OS. The van der Waals surface area contributed by atoms with Crippen molar-refractivity contribution in [2.24, 2.45) is 0 Å². The molecule has 0 spiro atoms. The number of nitrogens with one attached hydrogen (secondary N) is 2. The normalized spacial score (nSPS) is 11.1. The molecule has 0 bridgehead atoms. The summed E-state index contributed by atoms with van der Waals surface area (Å²) in [5, 5.41) is 12.2. The molecule has 26 heavy (non-hydrogen) atoms. The van der Waals surface area contributed by atoms with E-state index in [2.05, 4.69) is 34.3 Å². The standard InChI is InChI=1S/C19H23N5OS/c1-4-24-18(15-9-10-20-11-15)22-23-19(24)26-12-17(25)21-16-7-5-14(6-8-16)13(2)3/h5-11,13,20H,4,12H2,1-3H3,(H,21,25). The Morgan fingerprint density at radius 2 is 2.00 bits per heavy atom. The summed E-state index contributed by atoms with van der Waals surface area (Å²) in [6.07, 6.45) is 3.74. The second-order valence-electron chi connectivity index (χ2n) is 6.26. The molecule has 6 nitrogen and oxygen atoms in total. The zero-order valence-electron chi connectivity index (χ0n) is 15.2. The minimum absolute atomic E-state index is 0.0545. The Morgan fingerprint density at radius 3 is 2.62 bits per heavy atom. The van der Waals surface area contributed by atoms with Gasteiger partial charge in [0.15, 0.2) is 11.0 Å². The summed E-state index contributed by atoms with van der Waals surface area (Å²) in [6.45, 7) is 7.08. The molecule has 0 radical (unpaired) electrons. The van der Waals surface area contributed by atoms with Crippen LogP contribution in [0.1, 0.15) is 32.3 Å². The molecule has 0 aliphatic rings. The lowest BCUT2D eigenvalue weighted by atomic mass is 10.0. The SMILES string of the molecule is CCn1c(SCC(=O)Nc2ccc(C(C)C)cc2)nnc1-c1cc[nH]c1. The van der Waals surface area contributed by atoms with E-state index in [1.54, 1.807) is 0 Å². The number of carbonyl (C=O) groups excluding carboxylic acids is 1. The highest BCUT2D eigenvalue weighted by Crippen LogP contribution is 2.24. The fraction of sp³-hybridized carbons (Fsp3) is 0.316. The monoisotopic (exact) mass is 369 g/mol. The Morgan fingerprint density at radius 1 is 1.23 bits per heavy atom. The van der Waals surface area contributed by atoms with E-state index in [1.807, 2.05) is 54.2 Å². The maximum absolute atomic E-state index is 12.2. The number of thioether (sulfide) groups is 1. The quantitative estimate of drug-likeness (QED) is 0.614. The van der Waals surface area contributed by atoms with Crippen LogP contribution in [0, 0.1) is 0 Å². The molecule has 1 aromatic carbocycles. The number of aromatic nitrogens is 4. The molecule has 0 saturated carbocycles. The largest absolute Gasteiger partial charge is 0.367 e. The molecule has 3 aromatic rings. The van der Waals surface area contributed by atoms with Crippen molar-refractivity contribution in [1.82, 2.24) is 19.7 Å². The molecule has 7 heteroatoms. The minimum Gasteiger partial charge on any atom is -0.367 e. The molecule has 136 valence electrons. The first-order valence-corrected chi connectivity index (χ1v) is 9.66. The van der Waals surface area contributed by atoms with Crippen molar-refractivity contribution in [3.05, 3.63) is 48.3 Å². The highest BCUT2D eigenvalue weighted by molar-refractivity contribution is 7.99. The zero-order chi connectivity index (χ0) is 18.5. The molecule has 3 rings (SSSR count). The fourth-order valence-electron chi connectivity index (χ4n) is 2.64. The molecule has 1 amide bonds. The molecule has 0 unspecified atom stereocenters. The molecule has 0 saturated heterocycles. The third-order valence-corrected chi connectivity index (χ3v) is 5.05. The lowest BCUT2D eigenvalue weighted by molar-refractivity contribution is -0.113. The van der Waals surface area contributed by atoms with Crippen molar-refractivity contribution in [1.29, 1.82) is 0 Å². The molecule has 2 N–H and O–H groups in total. The third-order valence-electron chi connectivity index (χ3n) is 4.08. The average molecular weight is 369 g/mol. The fourth-order valence-corrected chi connectivity index (χ4v) is 3.44. The minimum atomic E-state index is -0.0545. The van der Waals surface area contributed by atoms with E-state index in [0.29, 0.717) is 5.92 Å². The second kappa shape index (κ2) is 8.23. The van der Waals surface area contributed by atoms with Crippen molar-refractivity contribution in [3.63, 3.8) is 0 Å². The molecule has 0 atom stereocenters. The van der Waals surface area contributed by atoms with Gasteiger partial charge in [-0.3, -0.25) is 4.79 Å². The van der Waals surface area contributed by atoms with Crippen LogP contribution in [0.5, 0.6) is 0 Å². The molecule has 0 aliphatic heterocycles. The van der Waals surface area contributed by atoms with Crippen LogP contribution in [0.15, 0.2) is 47.9 Å². The lowest BCUT2D eigenvalue weighted by Crippen LogP contribution is -2.14.